The molecule has 1 heterocycles. The third-order valence-corrected chi connectivity index (χ3v) is 11.0. The quantitative estimate of drug-likeness (QED) is 0.0197. The van der Waals surface area contributed by atoms with E-state index in [1.165, 1.54) is 0 Å². The van der Waals surface area contributed by atoms with Crippen LogP contribution in [0.1, 0.15) is 155 Å². The van der Waals surface area contributed by atoms with Crippen LogP contribution in [0.5, 0.6) is 0 Å². The Morgan fingerprint density at radius 1 is 0.559 bits per heavy atom. The molecule has 0 amide bonds. The molecule has 0 aromatic rings. The minimum atomic E-state index is -5.08. The summed E-state index contributed by atoms with van der Waals surface area (Å²) >= 11 is 0. The molecule has 6 atom stereocenters. The molecule has 12 nitrogen and oxygen atoms in total. The second-order valence-electron chi connectivity index (χ2n) is 16.6. The summed E-state index contributed by atoms with van der Waals surface area (Å²) in [5.41, 5.74) is 0. The van der Waals surface area contributed by atoms with Gasteiger partial charge < -0.3 is 34.3 Å². The van der Waals surface area contributed by atoms with Gasteiger partial charge in [-0.25, -0.2) is 4.18 Å². The minimum Gasteiger partial charge on any atom is -0.457 e. The number of carbonyl (C=O) groups excluding carboxylic acids is 1. The second kappa shape index (κ2) is 44.7. The van der Waals surface area contributed by atoms with Crippen molar-refractivity contribution in [1.29, 1.82) is 0 Å². The third-order valence-electron chi connectivity index (χ3n) is 10.6. The van der Waals surface area contributed by atoms with Gasteiger partial charge in [-0.2, -0.15) is 8.42 Å². The van der Waals surface area contributed by atoms with Crippen molar-refractivity contribution in [3.8, 4) is 0 Å². The lowest BCUT2D eigenvalue weighted by molar-refractivity contribution is -0.301. The molecule has 4 N–H and O–H groups in total. The number of ether oxygens (including phenoxy) is 4. The highest BCUT2D eigenvalue weighted by Crippen LogP contribution is 2.26. The maximum Gasteiger partial charge on any atom is 0.397 e. The van der Waals surface area contributed by atoms with Crippen molar-refractivity contribution in [2.24, 2.45) is 0 Å². The third kappa shape index (κ3) is 37.4. The lowest BCUT2D eigenvalue weighted by atomic mass is 9.99. The molecule has 6 unspecified atom stereocenters. The van der Waals surface area contributed by atoms with Crippen molar-refractivity contribution < 1.29 is 56.2 Å². The van der Waals surface area contributed by atoms with Gasteiger partial charge in [0.2, 0.25) is 0 Å². The molecule has 0 saturated carbocycles. The number of rotatable bonds is 42. The lowest BCUT2D eigenvalue weighted by Gasteiger charge is -2.41. The van der Waals surface area contributed by atoms with Crippen molar-refractivity contribution in [2.45, 2.75) is 192 Å². The number of esters is 1. The smallest absolute Gasteiger partial charge is 0.397 e. The minimum absolute atomic E-state index is 0.00285. The van der Waals surface area contributed by atoms with Crippen molar-refractivity contribution in [3.63, 3.8) is 0 Å². The molecule has 0 aromatic carbocycles. The summed E-state index contributed by atoms with van der Waals surface area (Å²) in [6.07, 6.45) is 55.1. The number of allylic oxidation sites excluding steroid dienone is 20. The van der Waals surface area contributed by atoms with Crippen LogP contribution in [-0.4, -0.2) is 97.5 Å². The molecular formula is C55H88O12S. The van der Waals surface area contributed by atoms with E-state index in [1.807, 2.05) is 0 Å². The van der Waals surface area contributed by atoms with Gasteiger partial charge in [-0.3, -0.25) is 9.35 Å². The van der Waals surface area contributed by atoms with E-state index in [-0.39, 0.29) is 19.6 Å². The summed E-state index contributed by atoms with van der Waals surface area (Å²) in [5, 5.41) is 30.8. The largest absolute Gasteiger partial charge is 0.457 e. The van der Waals surface area contributed by atoms with Crippen LogP contribution >= 0.6 is 0 Å². The van der Waals surface area contributed by atoms with Crippen LogP contribution in [0.4, 0.5) is 0 Å². The van der Waals surface area contributed by atoms with Gasteiger partial charge in [0, 0.05) is 13.0 Å². The SMILES string of the molecule is CC/C=C\C/C=C\C/C=C\C/C=C\C/C=C\CCCCCCCCOCC(COC1OC(CO)C(O)C(OS(=O)(=O)O)C1O)OC(=O)CCCCC/C=C\C/C=C\C/C=C\C/C=C\C/C=C\CC. The van der Waals surface area contributed by atoms with Gasteiger partial charge in [-0.15, -0.1) is 0 Å². The normalized spacial score (nSPS) is 20.4. The number of hydrogen-bond donors (Lipinski definition) is 4. The fraction of sp³-hybridized carbons (Fsp3) is 0.618. The average Bonchev–Trinajstić information content (AvgIpc) is 3.31. The lowest BCUT2D eigenvalue weighted by Crippen LogP contribution is -2.60. The summed E-state index contributed by atoms with van der Waals surface area (Å²) < 4.78 is 59.2. The van der Waals surface area contributed by atoms with Gasteiger partial charge in [-0.05, 0) is 103 Å². The van der Waals surface area contributed by atoms with Gasteiger partial charge >= 0.3 is 16.4 Å². The molecule has 1 saturated heterocycles. The molecule has 0 aliphatic carbocycles. The number of carbonyl (C=O) groups is 1. The Labute approximate surface area is 410 Å². The summed E-state index contributed by atoms with van der Waals surface area (Å²) in [5.74, 6) is -0.442. The molecule has 68 heavy (non-hydrogen) atoms. The first-order valence-electron chi connectivity index (χ1n) is 25.3. The van der Waals surface area contributed by atoms with Crippen LogP contribution in [0.3, 0.4) is 0 Å². The van der Waals surface area contributed by atoms with Crippen molar-refractivity contribution in [1.82, 2.24) is 0 Å². The van der Waals surface area contributed by atoms with E-state index in [2.05, 4.69) is 140 Å². The highest BCUT2D eigenvalue weighted by molar-refractivity contribution is 7.80. The highest BCUT2D eigenvalue weighted by atomic mass is 32.3. The molecule has 0 aromatic heterocycles. The molecule has 1 aliphatic rings. The maximum atomic E-state index is 12.9. The topological polar surface area (TPSA) is 178 Å². The van der Waals surface area contributed by atoms with Gasteiger partial charge in [-0.1, -0.05) is 167 Å². The second-order valence-corrected chi connectivity index (χ2v) is 17.7. The van der Waals surface area contributed by atoms with Gasteiger partial charge in [0.25, 0.3) is 0 Å². The van der Waals surface area contributed by atoms with Gasteiger partial charge in [0.15, 0.2) is 6.29 Å². The molecule has 1 aliphatic heterocycles. The zero-order valence-corrected chi connectivity index (χ0v) is 42.2. The first-order valence-corrected chi connectivity index (χ1v) is 26.7. The van der Waals surface area contributed by atoms with E-state index in [0.717, 1.165) is 128 Å². The number of hydrogen-bond acceptors (Lipinski definition) is 11. The molecule has 1 fully saturated rings. The van der Waals surface area contributed by atoms with Gasteiger partial charge in [0.05, 0.1) is 19.8 Å². The number of aliphatic hydroxyl groups is 3. The first-order chi connectivity index (χ1) is 33.1. The van der Waals surface area contributed by atoms with Crippen LogP contribution in [0, 0.1) is 0 Å². The molecule has 386 valence electrons. The predicted octanol–water partition coefficient (Wildman–Crippen LogP) is 11.7. The Hall–Kier alpha value is -3.50. The Balaban J connectivity index is 2.43. The molecular weight excluding hydrogens is 885 g/mol. The van der Waals surface area contributed by atoms with Crippen molar-refractivity contribution in [3.05, 3.63) is 122 Å². The summed E-state index contributed by atoms with van der Waals surface area (Å²) in [6, 6.07) is 0. The standard InChI is InChI=1S/C55H88O12S/c1-3-5-7-9-11-13-15-17-19-21-23-24-25-27-29-31-33-35-37-39-41-43-45-63-47-49(48-64-55-53(59)54(67-68(60,61)62)52(58)50(46-56)66-55)65-51(57)44-42-40-38-36-34-32-30-28-26-22-20-18-16-14-12-10-8-6-4-2/h5-8,11-14,17-20,23-24,26-29,32,34,49-50,52-56,58-59H,3-4,9-10,15-16,21-22,25,30-31,33,35-48H2,1-2H3,(H,60,61,62)/b7-5-,8-6-,13-11-,14-12-,19-17-,20-18-,24-23-,28-26-,29-27-,34-32-. The Bertz CT molecular complexity index is 1640. The van der Waals surface area contributed by atoms with Crippen LogP contribution in [0.25, 0.3) is 0 Å². The van der Waals surface area contributed by atoms with E-state index in [1.54, 1.807) is 0 Å². The number of unbranched alkanes of at least 4 members (excludes halogenated alkanes) is 9. The fourth-order valence-electron chi connectivity index (χ4n) is 6.84. The predicted molar refractivity (Wildman–Crippen MR) is 275 cm³/mol. The maximum absolute atomic E-state index is 12.9. The highest BCUT2D eigenvalue weighted by Gasteiger charge is 2.48. The van der Waals surface area contributed by atoms with Crippen LogP contribution in [0.15, 0.2) is 122 Å². The summed E-state index contributed by atoms with van der Waals surface area (Å²) in [4.78, 5) is 12.9. The van der Waals surface area contributed by atoms with E-state index in [4.69, 9.17) is 18.9 Å². The fourth-order valence-corrected chi connectivity index (χ4v) is 7.35. The molecule has 0 spiro atoms. The summed E-state index contributed by atoms with van der Waals surface area (Å²) in [6.45, 7) is 3.66. The molecule has 1 rings (SSSR count). The van der Waals surface area contributed by atoms with E-state index in [0.29, 0.717) is 13.0 Å². The van der Waals surface area contributed by atoms with E-state index in [9.17, 15) is 33.1 Å². The van der Waals surface area contributed by atoms with E-state index >= 15 is 0 Å². The zero-order valence-electron chi connectivity index (χ0n) is 41.4. The molecule has 0 bridgehead atoms. The number of aliphatic hydroxyl groups excluding tert-OH is 3. The van der Waals surface area contributed by atoms with Crippen LogP contribution < -0.4 is 0 Å². The van der Waals surface area contributed by atoms with Crippen molar-refractivity contribution >= 4 is 16.4 Å². The zero-order chi connectivity index (χ0) is 49.6. The van der Waals surface area contributed by atoms with E-state index < -0.39 is 59.8 Å². The Morgan fingerprint density at radius 3 is 1.41 bits per heavy atom. The van der Waals surface area contributed by atoms with Crippen LogP contribution in [0.2, 0.25) is 0 Å². The molecule has 0 radical (unpaired) electrons. The van der Waals surface area contributed by atoms with Gasteiger partial charge in [0.1, 0.15) is 30.5 Å². The molecule has 13 heteroatoms. The first kappa shape index (κ1) is 62.5. The summed E-state index contributed by atoms with van der Waals surface area (Å²) in [7, 11) is -5.08. The van der Waals surface area contributed by atoms with Crippen molar-refractivity contribution in [2.75, 3.05) is 26.4 Å². The Kier molecular flexibility index (Phi) is 41.1. The Morgan fingerprint density at radius 2 is 0.971 bits per heavy atom. The van der Waals surface area contributed by atoms with Crippen LogP contribution in [-0.2, 0) is 38.3 Å². The monoisotopic (exact) mass is 973 g/mol. The average molecular weight is 973 g/mol.